The minimum Gasteiger partial charge on any atom is -0.472 e. The van der Waals surface area contributed by atoms with E-state index in [0.717, 1.165) is 60.7 Å². The molecule has 0 aromatic heterocycles. The molecule has 7 aliphatic rings. The molecule has 0 radical (unpaired) electrons. The van der Waals surface area contributed by atoms with Gasteiger partial charge < -0.3 is 14.2 Å². The average Bonchev–Trinajstić information content (AvgIpc) is 3.40. The van der Waals surface area contributed by atoms with Crippen LogP contribution in [0.1, 0.15) is 91.9 Å². The number of hydrogen-bond donors (Lipinski definition) is 1. The third kappa shape index (κ3) is 4.05. The van der Waals surface area contributed by atoms with Gasteiger partial charge in [-0.25, -0.2) is 0 Å². The zero-order valence-electron chi connectivity index (χ0n) is 24.1. The summed E-state index contributed by atoms with van der Waals surface area (Å²) in [5, 5.41) is 0. The van der Waals surface area contributed by atoms with Crippen molar-refractivity contribution in [2.45, 2.75) is 103 Å². The second kappa shape index (κ2) is 8.91. The van der Waals surface area contributed by atoms with Gasteiger partial charge in [0.25, 0.3) is 0 Å². The van der Waals surface area contributed by atoms with E-state index in [-0.39, 0.29) is 17.5 Å². The fraction of sp³-hybridized carbons (Fsp3) is 0.909. The van der Waals surface area contributed by atoms with E-state index in [9.17, 15) is 4.79 Å². The Morgan fingerprint density at radius 2 is 1.58 bits per heavy atom. The molecule has 7 saturated carbocycles. The Kier molecular flexibility index (Phi) is 6.15. The van der Waals surface area contributed by atoms with Crippen molar-refractivity contribution in [1.29, 1.82) is 0 Å². The molecule has 0 aromatic carbocycles. The number of fused-ring (bicyclic) bond motifs is 11. The number of thiol groups is 1. The minimum atomic E-state index is -0.584. The van der Waals surface area contributed by atoms with Crippen LogP contribution in [0.5, 0.6) is 0 Å². The molecule has 5 heteroatoms. The summed E-state index contributed by atoms with van der Waals surface area (Å²) in [5.41, 5.74) is 0.314. The monoisotopic (exact) mass is 542 g/mol. The van der Waals surface area contributed by atoms with E-state index in [1.807, 2.05) is 0 Å². The number of carbonyl (C=O) groups excluding carboxylic acids is 1. The van der Waals surface area contributed by atoms with Crippen LogP contribution in [-0.2, 0) is 19.0 Å². The van der Waals surface area contributed by atoms with Crippen molar-refractivity contribution >= 4 is 18.6 Å². The Bertz CT molecular complexity index is 972. The maximum atomic E-state index is 13.0. The first kappa shape index (κ1) is 26.2. The third-order valence-electron chi connectivity index (χ3n) is 13.0. The number of ether oxygens (including phenoxy) is 3. The van der Waals surface area contributed by atoms with E-state index < -0.39 is 4.75 Å². The van der Waals surface area contributed by atoms with Gasteiger partial charge in [-0.2, -0.15) is 12.6 Å². The van der Waals surface area contributed by atoms with Crippen LogP contribution in [0, 0.1) is 70.0 Å². The summed E-state index contributed by atoms with van der Waals surface area (Å²) < 4.78 is 18.1. The topological polar surface area (TPSA) is 44.8 Å². The van der Waals surface area contributed by atoms with E-state index >= 15 is 0 Å². The molecule has 7 fully saturated rings. The Labute approximate surface area is 235 Å². The summed E-state index contributed by atoms with van der Waals surface area (Å²) in [4.78, 5) is 13.0. The van der Waals surface area contributed by atoms with Gasteiger partial charge in [-0.3, -0.25) is 4.79 Å². The van der Waals surface area contributed by atoms with E-state index in [0.29, 0.717) is 35.9 Å². The molecule has 7 rings (SSSR count). The van der Waals surface area contributed by atoms with Crippen LogP contribution in [0.25, 0.3) is 0 Å². The standard InChI is InChI=1S/C33H50O4S/c1-18-6-21-7-19(2)13-32(12-18,14-21)16-35-17-36-20(3)24-8-22-9-25(24)29-26-10-23(28(22)29)11-27(26)37-30(34)33(38)15-31(33,4)5/h18-19,21-29,38H,3,6-17H2,1-2,4-5H3. The molecule has 11 unspecified atom stereocenters. The van der Waals surface area contributed by atoms with Gasteiger partial charge in [0.1, 0.15) is 10.9 Å². The van der Waals surface area contributed by atoms with Crippen molar-refractivity contribution < 1.29 is 19.0 Å². The Hall–Kier alpha value is -0.680. The van der Waals surface area contributed by atoms with Crippen LogP contribution < -0.4 is 0 Å². The molecule has 0 aliphatic heterocycles. The second-order valence-electron chi connectivity index (χ2n) is 16.2. The molecule has 0 spiro atoms. The van der Waals surface area contributed by atoms with Gasteiger partial charge in [0, 0.05) is 5.92 Å². The number of hydrogen-bond acceptors (Lipinski definition) is 5. The Balaban J connectivity index is 0.931. The first-order valence-electron chi connectivity index (χ1n) is 15.8. The largest absolute Gasteiger partial charge is 0.472 e. The maximum absolute atomic E-state index is 13.0. The van der Waals surface area contributed by atoms with Gasteiger partial charge in [-0.15, -0.1) is 0 Å². The minimum absolute atomic E-state index is 0.0478. The second-order valence-corrected chi connectivity index (χ2v) is 16.9. The van der Waals surface area contributed by atoms with Crippen LogP contribution in [0.2, 0.25) is 0 Å². The average molecular weight is 543 g/mol. The lowest BCUT2D eigenvalue weighted by Gasteiger charge is -2.49. The molecule has 0 saturated heterocycles. The quantitative estimate of drug-likeness (QED) is 0.0874. The molecule has 0 amide bonds. The molecule has 0 heterocycles. The lowest BCUT2D eigenvalue weighted by molar-refractivity contribution is -0.155. The molecule has 7 aliphatic carbocycles. The molecular weight excluding hydrogens is 492 g/mol. The van der Waals surface area contributed by atoms with Gasteiger partial charge >= 0.3 is 5.97 Å². The molecular formula is C33H50O4S. The molecule has 11 atom stereocenters. The predicted octanol–water partition coefficient (Wildman–Crippen LogP) is 7.28. The lowest BCUT2D eigenvalue weighted by Crippen LogP contribution is -2.42. The Morgan fingerprint density at radius 3 is 2.26 bits per heavy atom. The van der Waals surface area contributed by atoms with E-state index in [1.54, 1.807) is 0 Å². The predicted molar refractivity (Wildman–Crippen MR) is 151 cm³/mol. The highest BCUT2D eigenvalue weighted by atomic mass is 32.1. The zero-order chi connectivity index (χ0) is 26.6. The normalized spacial score (nSPS) is 53.0. The first-order valence-corrected chi connectivity index (χ1v) is 16.3. The number of rotatable bonds is 8. The van der Waals surface area contributed by atoms with Crippen molar-refractivity contribution in [2.75, 3.05) is 13.4 Å². The molecule has 0 aromatic rings. The smallest absolute Gasteiger partial charge is 0.322 e. The van der Waals surface area contributed by atoms with E-state index in [2.05, 4.69) is 34.3 Å². The summed E-state index contributed by atoms with van der Waals surface area (Å²) in [6.45, 7) is 14.7. The van der Waals surface area contributed by atoms with Crippen LogP contribution in [0.4, 0.5) is 0 Å². The van der Waals surface area contributed by atoms with Crippen molar-refractivity contribution in [1.82, 2.24) is 0 Å². The highest BCUT2D eigenvalue weighted by Crippen LogP contribution is 2.70. The zero-order valence-corrected chi connectivity index (χ0v) is 25.0. The molecule has 212 valence electrons. The fourth-order valence-electron chi connectivity index (χ4n) is 11.8. The van der Waals surface area contributed by atoms with Crippen molar-refractivity contribution in [3.8, 4) is 0 Å². The van der Waals surface area contributed by atoms with Crippen molar-refractivity contribution in [2.24, 2.45) is 70.0 Å². The number of carbonyl (C=O) groups is 1. The maximum Gasteiger partial charge on any atom is 0.322 e. The van der Waals surface area contributed by atoms with Crippen LogP contribution >= 0.6 is 12.6 Å². The van der Waals surface area contributed by atoms with Gasteiger partial charge in [0.05, 0.1) is 12.4 Å². The SMILES string of the molecule is C=C(OCOCC12CC(C)CC(CC(C)C1)C2)C1CC2CC1C1C3CC(CC3OC(=O)C3(S)CC3(C)C)C21. The van der Waals surface area contributed by atoms with E-state index in [4.69, 9.17) is 26.8 Å². The molecule has 0 N–H and O–H groups in total. The van der Waals surface area contributed by atoms with Crippen molar-refractivity contribution in [3.63, 3.8) is 0 Å². The summed E-state index contributed by atoms with van der Waals surface area (Å²) in [7, 11) is 0. The van der Waals surface area contributed by atoms with Gasteiger partial charge in [-0.05, 0) is 128 Å². The fourth-order valence-corrected chi connectivity index (χ4v) is 12.2. The molecule has 38 heavy (non-hydrogen) atoms. The van der Waals surface area contributed by atoms with Gasteiger partial charge in [0.2, 0.25) is 0 Å². The van der Waals surface area contributed by atoms with Crippen LogP contribution in [0.3, 0.4) is 0 Å². The summed E-state index contributed by atoms with van der Waals surface area (Å²) in [6.07, 6.45) is 12.5. The van der Waals surface area contributed by atoms with E-state index in [1.165, 1.54) is 51.4 Å². The van der Waals surface area contributed by atoms with Crippen LogP contribution in [0.15, 0.2) is 12.3 Å². The number of allylic oxidation sites excluding steroid dienone is 1. The van der Waals surface area contributed by atoms with Gasteiger partial charge in [-0.1, -0.05) is 34.3 Å². The highest BCUT2D eigenvalue weighted by molar-refractivity contribution is 7.83. The summed E-state index contributed by atoms with van der Waals surface area (Å²) >= 11 is 4.73. The summed E-state index contributed by atoms with van der Waals surface area (Å²) in [5.74, 6) is 8.03. The van der Waals surface area contributed by atoms with Gasteiger partial charge in [0.15, 0.2) is 6.79 Å². The molecule has 4 nitrogen and oxygen atoms in total. The third-order valence-corrected chi connectivity index (χ3v) is 13.9. The molecule has 6 bridgehead atoms. The number of esters is 1. The first-order chi connectivity index (χ1) is 18.0. The van der Waals surface area contributed by atoms with Crippen molar-refractivity contribution in [3.05, 3.63) is 12.3 Å². The lowest BCUT2D eigenvalue weighted by atomic mass is 9.57. The summed E-state index contributed by atoms with van der Waals surface area (Å²) in [6, 6.07) is 0. The Morgan fingerprint density at radius 1 is 0.921 bits per heavy atom. The van der Waals surface area contributed by atoms with Crippen LogP contribution in [-0.4, -0.2) is 30.2 Å². The highest BCUT2D eigenvalue weighted by Gasteiger charge is 2.68.